The van der Waals surface area contributed by atoms with Crippen molar-refractivity contribution in [1.29, 1.82) is 0 Å². The van der Waals surface area contributed by atoms with Crippen molar-refractivity contribution in [3.05, 3.63) is 101 Å². The Kier molecular flexibility index (Phi) is 6.49. The standard InChI is InChI=1S/C28H26F2N2O3/c1-34-27-10-6-5-9-22(27)26-14-21(35-31-26)17-32(16-19-11-12-20(29)13-25(19)30)28(33)24-15-23(24)18-7-3-2-4-8-18/h2-13,21,23-24H,14-17H2,1H3/t21-,23-,24+/m0/s1. The van der Waals surface area contributed by atoms with Crippen molar-refractivity contribution in [2.24, 2.45) is 11.1 Å². The van der Waals surface area contributed by atoms with E-state index in [-0.39, 0.29) is 42.5 Å². The fourth-order valence-electron chi connectivity index (χ4n) is 4.67. The Bertz CT molecular complexity index is 1250. The van der Waals surface area contributed by atoms with Crippen molar-refractivity contribution in [3.63, 3.8) is 0 Å². The molecule has 5 nitrogen and oxygen atoms in total. The Morgan fingerprint density at radius 2 is 1.86 bits per heavy atom. The first-order chi connectivity index (χ1) is 17.0. The molecule has 0 bridgehead atoms. The molecule has 1 aliphatic carbocycles. The molecular formula is C28H26F2N2O3. The van der Waals surface area contributed by atoms with Gasteiger partial charge in [-0.25, -0.2) is 8.78 Å². The van der Waals surface area contributed by atoms with Crippen molar-refractivity contribution >= 4 is 11.6 Å². The van der Waals surface area contributed by atoms with Crippen LogP contribution in [0.3, 0.4) is 0 Å². The molecule has 3 atom stereocenters. The van der Waals surface area contributed by atoms with E-state index in [0.717, 1.165) is 29.3 Å². The van der Waals surface area contributed by atoms with Gasteiger partial charge in [0.15, 0.2) is 6.10 Å². The van der Waals surface area contributed by atoms with Crippen molar-refractivity contribution in [2.75, 3.05) is 13.7 Å². The van der Waals surface area contributed by atoms with Gasteiger partial charge in [-0.1, -0.05) is 53.7 Å². The van der Waals surface area contributed by atoms with E-state index >= 15 is 0 Å². The monoisotopic (exact) mass is 476 g/mol. The molecule has 3 aromatic carbocycles. The third-order valence-electron chi connectivity index (χ3n) is 6.60. The quantitative estimate of drug-likeness (QED) is 0.443. The highest BCUT2D eigenvalue weighted by Crippen LogP contribution is 2.48. The second kappa shape index (κ2) is 9.86. The van der Waals surface area contributed by atoms with Gasteiger partial charge in [0.25, 0.3) is 0 Å². The molecule has 0 aromatic heterocycles. The molecule has 0 unspecified atom stereocenters. The summed E-state index contributed by atoms with van der Waals surface area (Å²) >= 11 is 0. The van der Waals surface area contributed by atoms with Gasteiger partial charge in [-0.3, -0.25) is 4.79 Å². The van der Waals surface area contributed by atoms with Crippen molar-refractivity contribution < 1.29 is 23.1 Å². The minimum Gasteiger partial charge on any atom is -0.496 e. The molecule has 1 heterocycles. The van der Waals surface area contributed by atoms with Gasteiger partial charge in [-0.05, 0) is 36.1 Å². The lowest BCUT2D eigenvalue weighted by molar-refractivity contribution is -0.135. The summed E-state index contributed by atoms with van der Waals surface area (Å²) in [5, 5.41) is 4.24. The molecule has 1 fully saturated rings. The number of ether oxygens (including phenoxy) is 1. The van der Waals surface area contributed by atoms with Crippen molar-refractivity contribution in [1.82, 2.24) is 4.90 Å². The molecule has 1 saturated carbocycles. The van der Waals surface area contributed by atoms with Crippen LogP contribution in [0, 0.1) is 17.6 Å². The van der Waals surface area contributed by atoms with Gasteiger partial charge in [0.2, 0.25) is 5.91 Å². The minimum atomic E-state index is -0.670. The van der Waals surface area contributed by atoms with Crippen molar-refractivity contribution in [2.45, 2.75) is 31.4 Å². The highest BCUT2D eigenvalue weighted by molar-refractivity contribution is 6.03. The van der Waals surface area contributed by atoms with Crippen LogP contribution < -0.4 is 4.74 Å². The minimum absolute atomic E-state index is 0.0345. The third-order valence-corrected chi connectivity index (χ3v) is 6.60. The zero-order chi connectivity index (χ0) is 24.4. The summed E-state index contributed by atoms with van der Waals surface area (Å²) in [5.41, 5.74) is 2.96. The number of benzene rings is 3. The van der Waals surface area contributed by atoms with E-state index in [1.54, 1.807) is 12.0 Å². The van der Waals surface area contributed by atoms with E-state index < -0.39 is 11.6 Å². The summed E-state index contributed by atoms with van der Waals surface area (Å²) in [4.78, 5) is 20.8. The number of oxime groups is 1. The SMILES string of the molecule is COc1ccccc1C1=NO[C@H](CN(Cc2ccc(F)cc2F)C(=O)[C@@H]2C[C@H]2c2ccccc2)C1. The molecule has 1 amide bonds. The average molecular weight is 477 g/mol. The van der Waals surface area contributed by atoms with E-state index in [0.29, 0.717) is 12.2 Å². The van der Waals surface area contributed by atoms with Crippen LogP contribution in [0.5, 0.6) is 5.75 Å². The number of halogens is 2. The molecular weight excluding hydrogens is 450 g/mol. The molecule has 0 N–H and O–H groups in total. The number of nitrogens with zero attached hydrogens (tertiary/aromatic N) is 2. The molecule has 0 radical (unpaired) electrons. The molecule has 3 aromatic rings. The van der Waals surface area contributed by atoms with Gasteiger partial charge in [0.05, 0.1) is 19.4 Å². The van der Waals surface area contributed by atoms with Crippen LogP contribution >= 0.6 is 0 Å². The number of rotatable bonds is 8. The Labute approximate surface area is 203 Å². The van der Waals surface area contributed by atoms with Crippen LogP contribution in [-0.2, 0) is 16.2 Å². The highest BCUT2D eigenvalue weighted by atomic mass is 19.1. The number of amides is 1. The molecule has 2 aliphatic rings. The van der Waals surface area contributed by atoms with Crippen LogP contribution in [0.25, 0.3) is 0 Å². The molecule has 1 aliphatic heterocycles. The summed E-state index contributed by atoms with van der Waals surface area (Å²) < 4.78 is 33.4. The largest absolute Gasteiger partial charge is 0.496 e. The van der Waals surface area contributed by atoms with Gasteiger partial charge < -0.3 is 14.5 Å². The summed E-state index contributed by atoms with van der Waals surface area (Å²) in [6.45, 7) is 0.280. The van der Waals surface area contributed by atoms with E-state index in [2.05, 4.69) is 5.16 Å². The second-order valence-corrected chi connectivity index (χ2v) is 8.98. The maximum Gasteiger partial charge on any atom is 0.226 e. The second-order valence-electron chi connectivity index (χ2n) is 8.98. The molecule has 0 spiro atoms. The molecule has 35 heavy (non-hydrogen) atoms. The van der Waals surface area contributed by atoms with Gasteiger partial charge in [0, 0.05) is 36.1 Å². The fraction of sp³-hybridized carbons (Fsp3) is 0.286. The van der Waals surface area contributed by atoms with Crippen LogP contribution in [0.1, 0.15) is 35.4 Å². The molecule has 0 saturated heterocycles. The number of hydrogen-bond donors (Lipinski definition) is 0. The van der Waals surface area contributed by atoms with Crippen LogP contribution in [0.4, 0.5) is 8.78 Å². The normalized spacial score (nSPS) is 20.7. The summed E-state index contributed by atoms with van der Waals surface area (Å²) in [6, 6.07) is 20.9. The lowest BCUT2D eigenvalue weighted by Gasteiger charge is -2.25. The lowest BCUT2D eigenvalue weighted by atomic mass is 10.0. The summed E-state index contributed by atoms with van der Waals surface area (Å²) in [6.07, 6.45) is 0.860. The molecule has 7 heteroatoms. The Hall–Kier alpha value is -3.74. The predicted molar refractivity (Wildman–Crippen MR) is 128 cm³/mol. The Morgan fingerprint density at radius 3 is 2.63 bits per heavy atom. The maximum atomic E-state index is 14.5. The Balaban J connectivity index is 1.32. The average Bonchev–Trinajstić information content (AvgIpc) is 3.55. The van der Waals surface area contributed by atoms with Crippen molar-refractivity contribution in [3.8, 4) is 5.75 Å². The fourth-order valence-corrected chi connectivity index (χ4v) is 4.67. The maximum absolute atomic E-state index is 14.5. The van der Waals surface area contributed by atoms with E-state index in [9.17, 15) is 13.6 Å². The lowest BCUT2D eigenvalue weighted by Crippen LogP contribution is -2.38. The summed E-state index contributed by atoms with van der Waals surface area (Å²) in [5.74, 6) is -0.704. The Morgan fingerprint density at radius 1 is 1.09 bits per heavy atom. The number of para-hydroxylation sites is 1. The molecule has 5 rings (SSSR count). The topological polar surface area (TPSA) is 51.1 Å². The van der Waals surface area contributed by atoms with Crippen LogP contribution in [-0.4, -0.2) is 36.3 Å². The zero-order valence-electron chi connectivity index (χ0n) is 19.4. The number of carbonyl (C=O) groups excluding carboxylic acids is 1. The smallest absolute Gasteiger partial charge is 0.226 e. The molecule has 180 valence electrons. The zero-order valence-corrected chi connectivity index (χ0v) is 19.4. The number of hydrogen-bond acceptors (Lipinski definition) is 4. The summed E-state index contributed by atoms with van der Waals surface area (Å²) in [7, 11) is 1.60. The van der Waals surface area contributed by atoms with Gasteiger partial charge in [-0.2, -0.15) is 0 Å². The third kappa shape index (κ3) is 5.04. The van der Waals surface area contributed by atoms with E-state index in [4.69, 9.17) is 9.57 Å². The van der Waals surface area contributed by atoms with Gasteiger partial charge in [0.1, 0.15) is 17.4 Å². The first-order valence-electron chi connectivity index (χ1n) is 11.7. The first-order valence-corrected chi connectivity index (χ1v) is 11.7. The van der Waals surface area contributed by atoms with Gasteiger partial charge >= 0.3 is 0 Å². The number of methoxy groups -OCH3 is 1. The highest BCUT2D eigenvalue weighted by Gasteiger charge is 2.46. The van der Waals surface area contributed by atoms with E-state index in [1.165, 1.54) is 12.1 Å². The van der Waals surface area contributed by atoms with E-state index in [1.807, 2.05) is 54.6 Å². The predicted octanol–water partition coefficient (Wildman–Crippen LogP) is 5.30. The van der Waals surface area contributed by atoms with Crippen LogP contribution in [0.2, 0.25) is 0 Å². The first kappa shape index (κ1) is 23.0. The van der Waals surface area contributed by atoms with Crippen LogP contribution in [0.15, 0.2) is 78.0 Å². The van der Waals surface area contributed by atoms with Gasteiger partial charge in [-0.15, -0.1) is 0 Å². The number of carbonyl (C=O) groups is 1.